The predicted octanol–water partition coefficient (Wildman–Crippen LogP) is 14.2. The van der Waals surface area contributed by atoms with E-state index in [2.05, 4.69) is 111 Å². The van der Waals surface area contributed by atoms with E-state index in [1.165, 1.54) is 0 Å². The fourth-order valence-corrected chi connectivity index (χ4v) is 11.3. The van der Waals surface area contributed by atoms with E-state index < -0.39 is 5.41 Å². The first-order valence-corrected chi connectivity index (χ1v) is 27.6. The Morgan fingerprint density at radius 2 is 0.857 bits per heavy atom. The molecular weight excluding hydrogens is 1010 g/mol. The normalized spacial score (nSPS) is 15.3. The maximum Gasteiger partial charge on any atom is 2.00 e. The summed E-state index contributed by atoms with van der Waals surface area (Å²) in [6.07, 6.45) is 5.44. The van der Waals surface area contributed by atoms with Gasteiger partial charge in [0.2, 0.25) is 0 Å². The Bertz CT molecular complexity index is 3340. The zero-order chi connectivity index (χ0) is 54.7. The number of hydrogen-bond acceptors (Lipinski definition) is 11. The summed E-state index contributed by atoms with van der Waals surface area (Å²) in [7, 11) is 0. The summed E-state index contributed by atoms with van der Waals surface area (Å²) in [6, 6.07) is 17.9. The van der Waals surface area contributed by atoms with Crippen LogP contribution >= 0.6 is 0 Å². The molecule has 3 aromatic heterocycles. The van der Waals surface area contributed by atoms with Crippen molar-refractivity contribution in [3.63, 3.8) is 0 Å². The van der Waals surface area contributed by atoms with E-state index in [1.54, 1.807) is 0 Å². The van der Waals surface area contributed by atoms with Gasteiger partial charge in [-0.1, -0.05) is 166 Å². The maximum absolute atomic E-state index is 11.1. The second kappa shape index (κ2) is 22.7. The standard InChI is InChI=1S/C63H78N8O5.Cu/c1-31(2)51(32(3)4)73-43-24-18-21-39-47(43)59-64-55(39)65-60-48-41(23-20-25-44(48)74-52(33(5)6)34(7)8)57(68-60)69-62-50-42(27-28-63(17,30-72)29-46(50)76-54(37(13)14)38(15)16)58(71-62)70-61-49-40(56(66-59)67-61)22-19-26-45(49)75-53(35(9)10)36(11)12;/h18-29,31-38,51-54,72H,30H2,1-17H3;/q-2;+2. The van der Waals surface area contributed by atoms with E-state index >= 15 is 0 Å². The van der Waals surface area contributed by atoms with Gasteiger partial charge >= 0.3 is 17.1 Å². The van der Waals surface area contributed by atoms with Crippen LogP contribution in [0.2, 0.25) is 0 Å². The molecule has 3 aliphatic rings. The van der Waals surface area contributed by atoms with Crippen LogP contribution in [0, 0.1) is 52.8 Å². The summed E-state index contributed by atoms with van der Waals surface area (Å²) in [4.78, 5) is 43.0. The molecular formula is C63H78CuN8O5. The van der Waals surface area contributed by atoms with Crippen molar-refractivity contribution in [2.45, 2.75) is 142 Å². The van der Waals surface area contributed by atoms with Crippen molar-refractivity contribution in [2.75, 3.05) is 6.61 Å². The number of benzene rings is 3. The van der Waals surface area contributed by atoms with Crippen LogP contribution in [0.15, 0.2) is 66.7 Å². The van der Waals surface area contributed by atoms with Crippen molar-refractivity contribution in [2.24, 2.45) is 52.8 Å². The van der Waals surface area contributed by atoms with Gasteiger partial charge in [-0.2, -0.15) is 0 Å². The second-order valence-electron chi connectivity index (χ2n) is 24.1. The predicted molar refractivity (Wildman–Crippen MR) is 306 cm³/mol. The van der Waals surface area contributed by atoms with Crippen LogP contribution in [-0.4, -0.2) is 66.0 Å². The van der Waals surface area contributed by atoms with Crippen LogP contribution in [0.5, 0.6) is 17.2 Å². The number of ether oxygens (including phenoxy) is 4. The van der Waals surface area contributed by atoms with Gasteiger partial charge in [-0.25, -0.2) is 9.97 Å². The minimum Gasteiger partial charge on any atom is -0.490 e. The number of aliphatic hydroxyl groups excluding tert-OH is 1. The molecule has 1 radical (unpaired) electrons. The first-order valence-electron chi connectivity index (χ1n) is 27.6. The van der Waals surface area contributed by atoms with Gasteiger partial charge in [-0.05, 0) is 82.6 Å². The first-order chi connectivity index (χ1) is 36.1. The summed E-state index contributed by atoms with van der Waals surface area (Å²) < 4.78 is 28.2. The summed E-state index contributed by atoms with van der Waals surface area (Å²) in [5.74, 6) is 5.60. The fraction of sp³-hybridized carbons (Fsp3) is 0.492. The third-order valence-corrected chi connectivity index (χ3v) is 14.9. The first kappa shape index (κ1) is 57.1. The Hall–Kier alpha value is -6.08. The number of aliphatic hydroxyl groups is 1. The minimum absolute atomic E-state index is 0. The van der Waals surface area contributed by atoms with Gasteiger partial charge in [0.25, 0.3) is 0 Å². The van der Waals surface area contributed by atoms with E-state index in [0.29, 0.717) is 96.5 Å². The smallest absolute Gasteiger partial charge is 0.490 e. The maximum atomic E-state index is 11.1. The molecule has 77 heavy (non-hydrogen) atoms. The minimum atomic E-state index is -0.807. The zero-order valence-corrected chi connectivity index (χ0v) is 49.0. The Balaban J connectivity index is 0.00000784. The Kier molecular flexibility index (Phi) is 16.8. The molecule has 0 spiro atoms. The summed E-state index contributed by atoms with van der Waals surface area (Å²) >= 11 is 0. The van der Waals surface area contributed by atoms with Crippen LogP contribution < -0.4 is 24.2 Å². The summed E-state index contributed by atoms with van der Waals surface area (Å²) in [5.41, 5.74) is 4.82. The number of rotatable bonds is 17. The van der Waals surface area contributed by atoms with Gasteiger partial charge < -0.3 is 54.0 Å². The van der Waals surface area contributed by atoms with Crippen molar-refractivity contribution in [3.05, 3.63) is 77.9 Å². The van der Waals surface area contributed by atoms with Crippen molar-refractivity contribution in [1.82, 2.24) is 39.9 Å². The van der Waals surface area contributed by atoms with Crippen LogP contribution in [0.4, 0.5) is 0 Å². The van der Waals surface area contributed by atoms with Gasteiger partial charge in [-0.3, -0.25) is 0 Å². The molecule has 0 amide bonds. The van der Waals surface area contributed by atoms with E-state index in [4.69, 9.17) is 58.8 Å². The van der Waals surface area contributed by atoms with E-state index in [9.17, 15) is 5.11 Å². The Morgan fingerprint density at radius 3 is 1.34 bits per heavy atom. The second-order valence-corrected chi connectivity index (χ2v) is 24.1. The molecule has 8 bridgehead atoms. The van der Waals surface area contributed by atoms with Crippen molar-refractivity contribution < 1.29 is 41.1 Å². The molecule has 1 unspecified atom stereocenters. The quantitative estimate of drug-likeness (QED) is 0.0858. The van der Waals surface area contributed by atoms with Gasteiger partial charge in [-0.15, -0.1) is 0 Å². The average Bonchev–Trinajstić information content (AvgIpc) is 4.11. The van der Waals surface area contributed by atoms with Crippen molar-refractivity contribution >= 4 is 45.2 Å². The summed E-state index contributed by atoms with van der Waals surface area (Å²) in [5, 5.41) is 12.5. The van der Waals surface area contributed by atoms with Gasteiger partial charge in [0.1, 0.15) is 47.4 Å². The number of aromatic nitrogens is 8. The zero-order valence-electron chi connectivity index (χ0n) is 48.0. The number of fused-ring (bicyclic) bond motifs is 20. The van der Waals surface area contributed by atoms with Crippen molar-refractivity contribution in [1.29, 1.82) is 0 Å². The monoisotopic (exact) mass is 1090 g/mol. The molecule has 411 valence electrons. The number of hydrogen-bond donors (Lipinski definition) is 1. The van der Waals surface area contributed by atoms with E-state index in [-0.39, 0.29) is 95.4 Å². The van der Waals surface area contributed by atoms with Crippen LogP contribution in [0.25, 0.3) is 90.7 Å². The SMILES string of the molecule is CC(C)C(OC1=CC(C)(CO)C=Cc2c1c1nc3nc(nc4[n-]c(nc5nc(nc2[n-]1)-c1c(OC(C(C)C)C(C)C)cccc1-5)c1c(OC(C(C)C)C(C)C)cccc41)-c1c(OC(C(C)C)C(C)C)cccc1-3)C(C)C.[Cu+2]. The largest absolute Gasteiger partial charge is 2.00 e. The molecule has 1 atom stereocenters. The molecule has 1 N–H and O–H groups in total. The number of nitrogens with zero attached hydrogens (tertiary/aromatic N) is 8. The molecule has 0 saturated carbocycles. The molecule has 0 fully saturated rings. The molecule has 1 aliphatic carbocycles. The molecule has 9 rings (SSSR count). The Morgan fingerprint density at radius 1 is 0.455 bits per heavy atom. The topological polar surface area (TPSA) is 163 Å². The average molecular weight is 1090 g/mol. The van der Waals surface area contributed by atoms with E-state index in [0.717, 1.165) is 16.5 Å². The third-order valence-electron chi connectivity index (χ3n) is 14.9. The molecule has 5 heterocycles. The summed E-state index contributed by atoms with van der Waals surface area (Å²) in [6.45, 7) is 36.6. The van der Waals surface area contributed by atoms with Gasteiger partial charge in [0.05, 0.1) is 41.0 Å². The van der Waals surface area contributed by atoms with E-state index in [1.807, 2.05) is 79.7 Å². The molecule has 14 heteroatoms. The van der Waals surface area contributed by atoms with Crippen LogP contribution in [0.3, 0.4) is 0 Å². The van der Waals surface area contributed by atoms with Crippen molar-refractivity contribution in [3.8, 4) is 62.8 Å². The Labute approximate surface area is 466 Å². The van der Waals surface area contributed by atoms with Gasteiger partial charge in [0.15, 0.2) is 0 Å². The fourth-order valence-electron chi connectivity index (χ4n) is 11.3. The van der Waals surface area contributed by atoms with Gasteiger partial charge in [0, 0.05) is 50.1 Å². The molecule has 13 nitrogen and oxygen atoms in total. The third kappa shape index (κ3) is 11.2. The molecule has 0 saturated heterocycles. The molecule has 2 aliphatic heterocycles. The van der Waals surface area contributed by atoms with Crippen LogP contribution in [0.1, 0.15) is 129 Å². The van der Waals surface area contributed by atoms with Crippen LogP contribution in [-0.2, 0) is 21.8 Å². The molecule has 6 aromatic rings. The molecule has 3 aromatic carbocycles.